The van der Waals surface area contributed by atoms with Crippen LogP contribution in [-0.2, 0) is 6.54 Å². The molecule has 0 fully saturated rings. The Hall–Kier alpha value is -1.68. The van der Waals surface area contributed by atoms with Gasteiger partial charge in [0, 0.05) is 24.7 Å². The zero-order chi connectivity index (χ0) is 12.1. The molecule has 4 nitrogen and oxygen atoms in total. The average molecular weight is 220 g/mol. The fourth-order valence-electron chi connectivity index (χ4n) is 1.38. The van der Waals surface area contributed by atoms with Crippen molar-refractivity contribution in [1.82, 2.24) is 5.32 Å². The van der Waals surface area contributed by atoms with E-state index in [0.717, 1.165) is 17.7 Å². The average Bonchev–Trinajstić information content (AvgIpc) is 2.19. The van der Waals surface area contributed by atoms with Gasteiger partial charge in [-0.05, 0) is 19.4 Å². The molecule has 1 N–H and O–H groups in total. The number of nitrogens with zero attached hydrogens (tertiary/aromatic N) is 1. The van der Waals surface area contributed by atoms with Crippen molar-refractivity contribution in [1.29, 1.82) is 0 Å². The van der Waals surface area contributed by atoms with Crippen LogP contribution in [0.25, 0.3) is 0 Å². The summed E-state index contributed by atoms with van der Waals surface area (Å²) in [5, 5.41) is 13.9. The predicted octanol–water partition coefficient (Wildman–Crippen LogP) is 2.57. The molecular formula is C12H16N2O2. The van der Waals surface area contributed by atoms with Gasteiger partial charge in [0.2, 0.25) is 0 Å². The summed E-state index contributed by atoms with van der Waals surface area (Å²) in [5.74, 6) is 0. The lowest BCUT2D eigenvalue weighted by Gasteiger charge is -2.05. The summed E-state index contributed by atoms with van der Waals surface area (Å²) < 4.78 is 0. The molecule has 0 saturated heterocycles. The first-order valence-corrected chi connectivity index (χ1v) is 5.09. The van der Waals surface area contributed by atoms with Crippen LogP contribution in [-0.4, -0.2) is 11.5 Å². The van der Waals surface area contributed by atoms with Gasteiger partial charge in [-0.3, -0.25) is 10.1 Å². The van der Waals surface area contributed by atoms with Crippen molar-refractivity contribution < 1.29 is 4.92 Å². The molecule has 86 valence electrons. The summed E-state index contributed by atoms with van der Waals surface area (Å²) >= 11 is 0. The molecule has 0 radical (unpaired) electrons. The highest BCUT2D eigenvalue weighted by Gasteiger charge is 2.10. The van der Waals surface area contributed by atoms with Gasteiger partial charge in [-0.1, -0.05) is 24.3 Å². The van der Waals surface area contributed by atoms with E-state index in [2.05, 4.69) is 11.9 Å². The Kier molecular flexibility index (Phi) is 4.19. The van der Waals surface area contributed by atoms with Crippen LogP contribution in [0.4, 0.5) is 5.69 Å². The number of benzene rings is 1. The van der Waals surface area contributed by atoms with Crippen LogP contribution in [0.1, 0.15) is 18.1 Å². The van der Waals surface area contributed by atoms with Crippen LogP contribution in [0.2, 0.25) is 0 Å². The highest BCUT2D eigenvalue weighted by molar-refractivity contribution is 5.42. The Morgan fingerprint density at radius 2 is 2.25 bits per heavy atom. The number of rotatable bonds is 5. The summed E-state index contributed by atoms with van der Waals surface area (Å²) in [4.78, 5) is 10.4. The maximum absolute atomic E-state index is 10.7. The minimum atomic E-state index is -0.350. The largest absolute Gasteiger partial charge is 0.309 e. The molecule has 0 aliphatic rings. The monoisotopic (exact) mass is 220 g/mol. The van der Waals surface area contributed by atoms with Gasteiger partial charge in [0.25, 0.3) is 5.69 Å². The first kappa shape index (κ1) is 12.4. The molecule has 0 unspecified atom stereocenters. The van der Waals surface area contributed by atoms with Crippen molar-refractivity contribution >= 4 is 5.69 Å². The normalized spacial score (nSPS) is 10.1. The molecule has 0 saturated carbocycles. The highest BCUT2D eigenvalue weighted by Crippen LogP contribution is 2.18. The number of nitrogens with one attached hydrogen (secondary N) is 1. The Balaban J connectivity index is 2.71. The fraction of sp³-hybridized carbons (Fsp3) is 0.333. The summed E-state index contributed by atoms with van der Waals surface area (Å²) in [6.45, 7) is 8.79. The van der Waals surface area contributed by atoms with Gasteiger partial charge < -0.3 is 5.32 Å². The summed E-state index contributed by atoms with van der Waals surface area (Å²) in [6, 6.07) is 5.28. The van der Waals surface area contributed by atoms with E-state index in [1.807, 2.05) is 13.0 Å². The second kappa shape index (κ2) is 5.42. The van der Waals surface area contributed by atoms with Crippen molar-refractivity contribution in [2.24, 2.45) is 0 Å². The van der Waals surface area contributed by atoms with Crippen LogP contribution in [0.15, 0.2) is 30.4 Å². The van der Waals surface area contributed by atoms with Gasteiger partial charge in [0.05, 0.1) is 4.92 Å². The Morgan fingerprint density at radius 1 is 1.56 bits per heavy atom. The first-order valence-electron chi connectivity index (χ1n) is 5.09. The van der Waals surface area contributed by atoms with Crippen molar-refractivity contribution in [3.05, 3.63) is 51.6 Å². The number of aryl methyl sites for hydroxylation is 1. The van der Waals surface area contributed by atoms with E-state index in [4.69, 9.17) is 0 Å². The molecule has 1 aromatic rings. The van der Waals surface area contributed by atoms with Crippen molar-refractivity contribution in [3.8, 4) is 0 Å². The summed E-state index contributed by atoms with van der Waals surface area (Å²) in [5.41, 5.74) is 2.82. The van der Waals surface area contributed by atoms with Crippen LogP contribution in [0.3, 0.4) is 0 Å². The molecule has 16 heavy (non-hydrogen) atoms. The zero-order valence-electron chi connectivity index (χ0n) is 9.62. The number of hydrogen-bond donors (Lipinski definition) is 1. The van der Waals surface area contributed by atoms with Crippen molar-refractivity contribution in [3.63, 3.8) is 0 Å². The molecule has 1 aromatic carbocycles. The fourth-order valence-corrected chi connectivity index (χ4v) is 1.38. The standard InChI is InChI=1S/C12H16N2O2/c1-9(2)7-13-8-11-5-4-10(3)12(6-11)14(15)16/h4-6,13H,1,7-8H2,2-3H3. The molecule has 4 heteroatoms. The number of nitro benzene ring substituents is 1. The van der Waals surface area contributed by atoms with Gasteiger partial charge in [-0.2, -0.15) is 0 Å². The molecular weight excluding hydrogens is 204 g/mol. The lowest BCUT2D eigenvalue weighted by atomic mass is 10.1. The van der Waals surface area contributed by atoms with E-state index in [1.165, 1.54) is 0 Å². The molecule has 0 aromatic heterocycles. The highest BCUT2D eigenvalue weighted by atomic mass is 16.6. The van der Waals surface area contributed by atoms with Gasteiger partial charge in [0.1, 0.15) is 0 Å². The minimum absolute atomic E-state index is 0.176. The second-order valence-electron chi connectivity index (χ2n) is 3.94. The van der Waals surface area contributed by atoms with E-state index in [9.17, 15) is 10.1 Å². The molecule has 0 bridgehead atoms. The van der Waals surface area contributed by atoms with Gasteiger partial charge >= 0.3 is 0 Å². The number of hydrogen-bond acceptors (Lipinski definition) is 3. The van der Waals surface area contributed by atoms with Gasteiger partial charge in [-0.15, -0.1) is 0 Å². The molecule has 0 aliphatic heterocycles. The third-order valence-electron chi connectivity index (χ3n) is 2.23. The first-order chi connectivity index (χ1) is 7.50. The van der Waals surface area contributed by atoms with Gasteiger partial charge in [0.15, 0.2) is 0 Å². The molecule has 1 rings (SSSR count). The second-order valence-corrected chi connectivity index (χ2v) is 3.94. The minimum Gasteiger partial charge on any atom is -0.309 e. The maximum atomic E-state index is 10.7. The van der Waals surface area contributed by atoms with Crippen LogP contribution in [0.5, 0.6) is 0 Å². The van der Waals surface area contributed by atoms with Gasteiger partial charge in [-0.25, -0.2) is 0 Å². The van der Waals surface area contributed by atoms with Crippen molar-refractivity contribution in [2.45, 2.75) is 20.4 Å². The third kappa shape index (κ3) is 3.47. The molecule has 0 aliphatic carbocycles. The van der Waals surface area contributed by atoms with E-state index >= 15 is 0 Å². The topological polar surface area (TPSA) is 55.2 Å². The lowest BCUT2D eigenvalue weighted by molar-refractivity contribution is -0.385. The quantitative estimate of drug-likeness (QED) is 0.471. The van der Waals surface area contributed by atoms with Crippen LogP contribution >= 0.6 is 0 Å². The molecule has 0 amide bonds. The summed E-state index contributed by atoms with van der Waals surface area (Å²) in [6.07, 6.45) is 0. The van der Waals surface area contributed by atoms with E-state index < -0.39 is 0 Å². The zero-order valence-corrected chi connectivity index (χ0v) is 9.62. The molecule has 0 heterocycles. The smallest absolute Gasteiger partial charge is 0.272 e. The van der Waals surface area contributed by atoms with Crippen LogP contribution in [0, 0.1) is 17.0 Å². The third-order valence-corrected chi connectivity index (χ3v) is 2.23. The predicted molar refractivity (Wildman–Crippen MR) is 64.4 cm³/mol. The SMILES string of the molecule is C=C(C)CNCc1ccc(C)c([N+](=O)[O-])c1. The summed E-state index contributed by atoms with van der Waals surface area (Å²) in [7, 11) is 0. The molecule has 0 atom stereocenters. The van der Waals surface area contributed by atoms with E-state index in [1.54, 1.807) is 19.1 Å². The Bertz CT molecular complexity index is 413. The lowest BCUT2D eigenvalue weighted by Crippen LogP contribution is -2.15. The van der Waals surface area contributed by atoms with E-state index in [-0.39, 0.29) is 10.6 Å². The van der Waals surface area contributed by atoms with E-state index in [0.29, 0.717) is 12.1 Å². The Labute approximate surface area is 95.1 Å². The van der Waals surface area contributed by atoms with Crippen LogP contribution < -0.4 is 5.32 Å². The maximum Gasteiger partial charge on any atom is 0.272 e. The molecule has 0 spiro atoms. The van der Waals surface area contributed by atoms with Crippen molar-refractivity contribution in [2.75, 3.05) is 6.54 Å². The number of nitro groups is 1. The Morgan fingerprint density at radius 3 is 2.81 bits per heavy atom.